The van der Waals surface area contributed by atoms with E-state index < -0.39 is 0 Å². The topological polar surface area (TPSA) is 119 Å². The second-order valence-electron chi connectivity index (χ2n) is 9.30. The number of amides is 2. The fourth-order valence-electron chi connectivity index (χ4n) is 5.03. The average molecular weight is 492 g/mol. The number of benzene rings is 1. The first-order valence-corrected chi connectivity index (χ1v) is 12.5. The molecule has 3 heterocycles. The summed E-state index contributed by atoms with van der Waals surface area (Å²) in [5.74, 6) is 2.18. The Hall–Kier alpha value is -3.82. The lowest BCUT2D eigenvalue weighted by atomic mass is 9.96. The standard InChI is InChI=1S/C26H33N7O3/c1-35-21-11-8-17(16-22(21)36-2)19-9-10-20-23(29-19)24(31-25(27)30-20)32-12-14-33(15-13-32)26(34)28-18-6-4-3-5-7-18/h8-11,16,18H,3-7,12-15H2,1-2H3,(H,28,34)(H2,27,30,31). The number of fused-ring (bicyclic) bond motifs is 1. The Morgan fingerprint density at radius 2 is 1.69 bits per heavy atom. The zero-order chi connectivity index (χ0) is 25.1. The Labute approximate surface area is 210 Å². The molecule has 0 unspecified atom stereocenters. The molecule has 2 aliphatic rings. The zero-order valence-electron chi connectivity index (χ0n) is 20.9. The number of ether oxygens (including phenoxy) is 2. The molecule has 190 valence electrons. The number of hydrogen-bond donors (Lipinski definition) is 2. The van der Waals surface area contributed by atoms with Gasteiger partial charge in [-0.25, -0.2) is 14.8 Å². The molecule has 3 aromatic rings. The minimum Gasteiger partial charge on any atom is -0.493 e. The van der Waals surface area contributed by atoms with Gasteiger partial charge in [-0.3, -0.25) is 0 Å². The van der Waals surface area contributed by atoms with Crippen molar-refractivity contribution in [2.24, 2.45) is 0 Å². The molecule has 2 amide bonds. The Balaban J connectivity index is 1.36. The number of nitrogens with one attached hydrogen (secondary N) is 1. The monoisotopic (exact) mass is 491 g/mol. The van der Waals surface area contributed by atoms with Crippen LogP contribution in [0.25, 0.3) is 22.3 Å². The third-order valence-electron chi connectivity index (χ3n) is 7.02. The number of nitrogen functional groups attached to an aromatic ring is 1. The predicted molar refractivity (Wildman–Crippen MR) is 139 cm³/mol. The summed E-state index contributed by atoms with van der Waals surface area (Å²) in [6.45, 7) is 2.51. The fourth-order valence-corrected chi connectivity index (χ4v) is 5.03. The molecule has 0 spiro atoms. The van der Waals surface area contributed by atoms with Crippen molar-refractivity contribution in [3.8, 4) is 22.8 Å². The van der Waals surface area contributed by atoms with Gasteiger partial charge in [0.1, 0.15) is 5.52 Å². The molecular formula is C26H33N7O3. The summed E-state index contributed by atoms with van der Waals surface area (Å²) < 4.78 is 10.8. The molecule has 2 fully saturated rings. The van der Waals surface area contributed by atoms with Gasteiger partial charge in [0, 0.05) is 37.8 Å². The van der Waals surface area contributed by atoms with Crippen LogP contribution in [0, 0.1) is 0 Å². The van der Waals surface area contributed by atoms with E-state index in [2.05, 4.69) is 20.2 Å². The van der Waals surface area contributed by atoms with E-state index in [1.165, 1.54) is 19.3 Å². The molecule has 0 bridgehead atoms. The van der Waals surface area contributed by atoms with E-state index in [-0.39, 0.29) is 12.0 Å². The molecular weight excluding hydrogens is 458 g/mol. The Kier molecular flexibility index (Phi) is 6.92. The van der Waals surface area contributed by atoms with Crippen molar-refractivity contribution in [1.29, 1.82) is 0 Å². The molecule has 1 saturated heterocycles. The Bertz CT molecular complexity index is 1240. The van der Waals surface area contributed by atoms with Crippen LogP contribution in [0.1, 0.15) is 32.1 Å². The summed E-state index contributed by atoms with van der Waals surface area (Å²) in [4.78, 5) is 30.7. The van der Waals surface area contributed by atoms with Crippen molar-refractivity contribution in [1.82, 2.24) is 25.2 Å². The summed E-state index contributed by atoms with van der Waals surface area (Å²) in [6.07, 6.45) is 5.80. The van der Waals surface area contributed by atoms with Crippen molar-refractivity contribution in [3.05, 3.63) is 30.3 Å². The van der Waals surface area contributed by atoms with Gasteiger partial charge in [0.05, 0.1) is 25.4 Å². The van der Waals surface area contributed by atoms with Crippen LogP contribution in [0.5, 0.6) is 11.5 Å². The van der Waals surface area contributed by atoms with Crippen LogP contribution in [-0.2, 0) is 0 Å². The minimum absolute atomic E-state index is 0.0301. The molecule has 1 aliphatic heterocycles. The van der Waals surface area contributed by atoms with Gasteiger partial charge in [0.25, 0.3) is 0 Å². The summed E-state index contributed by atoms with van der Waals surface area (Å²) in [5, 5.41) is 3.22. The van der Waals surface area contributed by atoms with E-state index in [4.69, 9.17) is 20.2 Å². The predicted octanol–water partition coefficient (Wildman–Crippen LogP) is 3.46. The molecule has 1 aliphatic carbocycles. The molecule has 1 saturated carbocycles. The second kappa shape index (κ2) is 10.4. The number of nitrogens with zero attached hydrogens (tertiary/aromatic N) is 5. The third-order valence-corrected chi connectivity index (χ3v) is 7.02. The lowest BCUT2D eigenvalue weighted by Gasteiger charge is -2.36. The van der Waals surface area contributed by atoms with Gasteiger partial charge < -0.3 is 30.3 Å². The first kappa shape index (κ1) is 23.9. The van der Waals surface area contributed by atoms with Gasteiger partial charge >= 0.3 is 6.03 Å². The van der Waals surface area contributed by atoms with E-state index in [1.54, 1.807) is 14.2 Å². The number of urea groups is 1. The average Bonchev–Trinajstić information content (AvgIpc) is 2.92. The summed E-state index contributed by atoms with van der Waals surface area (Å²) >= 11 is 0. The highest BCUT2D eigenvalue weighted by atomic mass is 16.5. The molecule has 3 N–H and O–H groups in total. The number of methoxy groups -OCH3 is 2. The normalized spacial score (nSPS) is 16.7. The maximum atomic E-state index is 12.8. The van der Waals surface area contributed by atoms with Crippen LogP contribution in [0.15, 0.2) is 30.3 Å². The number of aromatic nitrogens is 3. The molecule has 5 rings (SSSR count). The Morgan fingerprint density at radius 3 is 2.42 bits per heavy atom. The second-order valence-corrected chi connectivity index (χ2v) is 9.30. The van der Waals surface area contributed by atoms with E-state index >= 15 is 0 Å². The molecule has 0 radical (unpaired) electrons. The number of anilines is 2. The van der Waals surface area contributed by atoms with Crippen LogP contribution in [-0.4, -0.2) is 72.3 Å². The van der Waals surface area contributed by atoms with Gasteiger partial charge in [-0.2, -0.15) is 4.98 Å². The van der Waals surface area contributed by atoms with E-state index in [1.807, 2.05) is 35.2 Å². The van der Waals surface area contributed by atoms with E-state index in [9.17, 15) is 4.79 Å². The van der Waals surface area contributed by atoms with Gasteiger partial charge in [-0.05, 0) is 43.2 Å². The molecule has 10 nitrogen and oxygen atoms in total. The van der Waals surface area contributed by atoms with E-state index in [0.717, 1.165) is 24.1 Å². The number of hydrogen-bond acceptors (Lipinski definition) is 8. The highest BCUT2D eigenvalue weighted by molar-refractivity contribution is 5.89. The van der Waals surface area contributed by atoms with Crippen LogP contribution in [0.4, 0.5) is 16.6 Å². The lowest BCUT2D eigenvalue weighted by Crippen LogP contribution is -2.54. The van der Waals surface area contributed by atoms with E-state index in [0.29, 0.717) is 60.6 Å². The van der Waals surface area contributed by atoms with Crippen molar-refractivity contribution in [2.75, 3.05) is 51.0 Å². The number of rotatable bonds is 5. The highest BCUT2D eigenvalue weighted by Crippen LogP contribution is 2.33. The van der Waals surface area contributed by atoms with Crippen LogP contribution in [0.2, 0.25) is 0 Å². The van der Waals surface area contributed by atoms with Crippen LogP contribution in [0.3, 0.4) is 0 Å². The number of pyridine rings is 1. The van der Waals surface area contributed by atoms with Gasteiger partial charge in [-0.1, -0.05) is 19.3 Å². The smallest absolute Gasteiger partial charge is 0.317 e. The molecule has 10 heteroatoms. The molecule has 1 aromatic carbocycles. The molecule has 0 atom stereocenters. The van der Waals surface area contributed by atoms with Crippen molar-refractivity contribution in [3.63, 3.8) is 0 Å². The van der Waals surface area contributed by atoms with Crippen molar-refractivity contribution >= 4 is 28.8 Å². The van der Waals surface area contributed by atoms with Gasteiger partial charge in [-0.15, -0.1) is 0 Å². The molecule has 36 heavy (non-hydrogen) atoms. The van der Waals surface area contributed by atoms with Crippen molar-refractivity contribution < 1.29 is 14.3 Å². The summed E-state index contributed by atoms with van der Waals surface area (Å²) in [6, 6.07) is 9.84. The number of nitrogens with two attached hydrogens (primary N) is 1. The number of carbonyl (C=O) groups excluding carboxylic acids is 1. The number of carbonyl (C=O) groups is 1. The maximum absolute atomic E-state index is 12.8. The van der Waals surface area contributed by atoms with Crippen LogP contribution >= 0.6 is 0 Å². The first-order valence-electron chi connectivity index (χ1n) is 12.5. The SMILES string of the molecule is COc1ccc(-c2ccc3nc(N)nc(N4CCN(C(=O)NC5CCCCC5)CC4)c3n2)cc1OC. The highest BCUT2D eigenvalue weighted by Gasteiger charge is 2.26. The molecule has 2 aromatic heterocycles. The summed E-state index contributed by atoms with van der Waals surface area (Å²) in [7, 11) is 3.22. The van der Waals surface area contributed by atoms with Gasteiger partial charge in [0.2, 0.25) is 5.95 Å². The summed E-state index contributed by atoms with van der Waals surface area (Å²) in [5.41, 5.74) is 9.06. The van der Waals surface area contributed by atoms with Crippen LogP contribution < -0.4 is 25.4 Å². The third kappa shape index (κ3) is 4.93. The zero-order valence-corrected chi connectivity index (χ0v) is 20.9. The largest absolute Gasteiger partial charge is 0.493 e. The minimum atomic E-state index is 0.0301. The maximum Gasteiger partial charge on any atom is 0.317 e. The Morgan fingerprint density at radius 1 is 0.944 bits per heavy atom. The van der Waals surface area contributed by atoms with Gasteiger partial charge in [0.15, 0.2) is 17.3 Å². The quantitative estimate of drug-likeness (QED) is 0.557. The number of piperazine rings is 1. The van der Waals surface area contributed by atoms with Crippen molar-refractivity contribution in [2.45, 2.75) is 38.1 Å². The fraction of sp³-hybridized carbons (Fsp3) is 0.462. The first-order chi connectivity index (χ1) is 17.6. The lowest BCUT2D eigenvalue weighted by molar-refractivity contribution is 0.186.